The number of hydrogen-bond acceptors (Lipinski definition) is 4. The van der Waals surface area contributed by atoms with Gasteiger partial charge in [0.25, 0.3) is 0 Å². The predicted molar refractivity (Wildman–Crippen MR) is 120 cm³/mol. The highest BCUT2D eigenvalue weighted by Gasteiger charge is 2.23. The summed E-state index contributed by atoms with van der Waals surface area (Å²) < 4.78 is 7.61. The second kappa shape index (κ2) is 7.18. The first-order valence-electron chi connectivity index (χ1n) is 10.4. The Balaban J connectivity index is 1.62. The zero-order valence-corrected chi connectivity index (χ0v) is 16.8. The number of carbonyl (C=O) groups is 1. The summed E-state index contributed by atoms with van der Waals surface area (Å²) in [6, 6.07) is 16.3. The highest BCUT2D eigenvalue weighted by atomic mass is 16.5. The maximum absolute atomic E-state index is 11.9. The molecule has 2 aliphatic heterocycles. The number of fused-ring (bicyclic) bond motifs is 2. The number of amides is 1. The summed E-state index contributed by atoms with van der Waals surface area (Å²) in [6.07, 6.45) is 7.11. The molecule has 0 unspecified atom stereocenters. The lowest BCUT2D eigenvalue weighted by atomic mass is 10.0. The standard InChI is InChI=1S/C25H20N4O2/c30-21-15-19-14-18(6-7-20(19)27-21)24-22(16-4-2-1-3-5-16)28-25-23(26-10-11-29(24)25)17-8-12-31-13-9-17/h1-8,10-11,14H,9,12-13,15H2,(H,27,30). The predicted octanol–water partition coefficient (Wildman–Crippen LogP) is 4.36. The molecule has 0 saturated heterocycles. The summed E-state index contributed by atoms with van der Waals surface area (Å²) in [5.74, 6) is 0.0338. The minimum absolute atomic E-state index is 0.0338. The second-order valence-corrected chi connectivity index (χ2v) is 7.80. The number of carbonyl (C=O) groups excluding carboxylic acids is 1. The molecule has 0 spiro atoms. The molecule has 0 bridgehead atoms. The van der Waals surface area contributed by atoms with Gasteiger partial charge in [0.05, 0.1) is 31.0 Å². The Morgan fingerprint density at radius 2 is 1.94 bits per heavy atom. The molecule has 152 valence electrons. The molecule has 2 aromatic carbocycles. The van der Waals surface area contributed by atoms with E-state index in [2.05, 4.69) is 39.0 Å². The Hall–Kier alpha value is -3.77. The van der Waals surface area contributed by atoms with Crippen LogP contribution >= 0.6 is 0 Å². The number of aromatic nitrogens is 3. The smallest absolute Gasteiger partial charge is 0.228 e. The third kappa shape index (κ3) is 3.04. The molecule has 2 aromatic heterocycles. The van der Waals surface area contributed by atoms with Gasteiger partial charge in [0.1, 0.15) is 5.69 Å². The first-order valence-corrected chi connectivity index (χ1v) is 10.4. The maximum Gasteiger partial charge on any atom is 0.228 e. The Bertz CT molecular complexity index is 1350. The van der Waals surface area contributed by atoms with Crippen molar-refractivity contribution in [3.8, 4) is 22.5 Å². The van der Waals surface area contributed by atoms with Crippen molar-refractivity contribution in [2.75, 3.05) is 18.5 Å². The van der Waals surface area contributed by atoms with E-state index in [0.717, 1.165) is 57.1 Å². The quantitative estimate of drug-likeness (QED) is 0.547. The summed E-state index contributed by atoms with van der Waals surface area (Å²) in [5, 5.41) is 2.91. The molecule has 4 aromatic rings. The third-order valence-electron chi connectivity index (χ3n) is 5.86. The molecule has 0 saturated carbocycles. The highest BCUT2D eigenvalue weighted by molar-refractivity contribution is 6.00. The lowest BCUT2D eigenvalue weighted by Crippen LogP contribution is -2.06. The zero-order valence-electron chi connectivity index (χ0n) is 16.8. The Morgan fingerprint density at radius 1 is 1.03 bits per heavy atom. The van der Waals surface area contributed by atoms with Gasteiger partial charge >= 0.3 is 0 Å². The largest absolute Gasteiger partial charge is 0.377 e. The van der Waals surface area contributed by atoms with Gasteiger partial charge < -0.3 is 10.1 Å². The lowest BCUT2D eigenvalue weighted by molar-refractivity contribution is -0.115. The van der Waals surface area contributed by atoms with Gasteiger partial charge in [-0.15, -0.1) is 0 Å². The fourth-order valence-corrected chi connectivity index (χ4v) is 4.40. The van der Waals surface area contributed by atoms with Crippen LogP contribution in [0.4, 0.5) is 5.69 Å². The number of benzene rings is 2. The molecule has 0 fully saturated rings. The fraction of sp³-hybridized carbons (Fsp3) is 0.160. The third-order valence-corrected chi connectivity index (χ3v) is 5.86. The summed E-state index contributed by atoms with van der Waals surface area (Å²) >= 11 is 0. The number of imidazole rings is 1. The van der Waals surface area contributed by atoms with Crippen LogP contribution in [0.25, 0.3) is 33.7 Å². The molecular weight excluding hydrogens is 388 g/mol. The molecule has 31 heavy (non-hydrogen) atoms. The number of rotatable bonds is 3. The normalized spacial score (nSPS) is 15.6. The SMILES string of the molecule is O=C1Cc2cc(-c3c(-c4ccccc4)nc4c(C5=CCOCC5)nccn34)ccc2N1. The van der Waals surface area contributed by atoms with Crippen molar-refractivity contribution in [3.05, 3.63) is 78.3 Å². The van der Waals surface area contributed by atoms with Crippen molar-refractivity contribution in [2.24, 2.45) is 0 Å². The van der Waals surface area contributed by atoms with E-state index in [9.17, 15) is 4.79 Å². The van der Waals surface area contributed by atoms with Crippen LogP contribution in [-0.2, 0) is 16.0 Å². The first-order chi connectivity index (χ1) is 15.3. The lowest BCUT2D eigenvalue weighted by Gasteiger charge is -2.13. The molecule has 6 nitrogen and oxygen atoms in total. The monoisotopic (exact) mass is 408 g/mol. The number of hydrogen-bond donors (Lipinski definition) is 1. The molecule has 4 heterocycles. The van der Waals surface area contributed by atoms with Crippen LogP contribution in [0, 0.1) is 0 Å². The topological polar surface area (TPSA) is 68.5 Å². The first kappa shape index (κ1) is 18.0. The van der Waals surface area contributed by atoms with Crippen molar-refractivity contribution in [1.82, 2.24) is 14.4 Å². The van der Waals surface area contributed by atoms with Crippen LogP contribution in [0.3, 0.4) is 0 Å². The second-order valence-electron chi connectivity index (χ2n) is 7.80. The minimum atomic E-state index is 0.0338. The maximum atomic E-state index is 11.9. The fourth-order valence-electron chi connectivity index (χ4n) is 4.40. The van der Waals surface area contributed by atoms with E-state index in [1.165, 1.54) is 0 Å². The van der Waals surface area contributed by atoms with Crippen LogP contribution in [0.2, 0.25) is 0 Å². The van der Waals surface area contributed by atoms with Gasteiger partial charge in [0.2, 0.25) is 5.91 Å². The number of nitrogens with one attached hydrogen (secondary N) is 1. The Labute approximate surface area is 179 Å². The van der Waals surface area contributed by atoms with E-state index in [1.807, 2.05) is 42.7 Å². The number of ether oxygens (including phenoxy) is 1. The van der Waals surface area contributed by atoms with Gasteiger partial charge in [0, 0.05) is 29.2 Å². The van der Waals surface area contributed by atoms with Crippen LogP contribution in [0.15, 0.2) is 67.0 Å². The van der Waals surface area contributed by atoms with Crippen LogP contribution in [0.5, 0.6) is 0 Å². The molecule has 2 aliphatic rings. The molecule has 6 heteroatoms. The summed E-state index contributed by atoms with van der Waals surface area (Å²) in [5.41, 5.74) is 8.77. The zero-order chi connectivity index (χ0) is 20.8. The van der Waals surface area contributed by atoms with Gasteiger partial charge in [-0.1, -0.05) is 42.5 Å². The molecular formula is C25H20N4O2. The average molecular weight is 408 g/mol. The number of nitrogens with zero attached hydrogens (tertiary/aromatic N) is 3. The van der Waals surface area contributed by atoms with E-state index in [0.29, 0.717) is 19.6 Å². The van der Waals surface area contributed by atoms with Crippen molar-refractivity contribution in [2.45, 2.75) is 12.8 Å². The van der Waals surface area contributed by atoms with Crippen LogP contribution in [0.1, 0.15) is 17.7 Å². The average Bonchev–Trinajstić information content (AvgIpc) is 3.39. The number of anilines is 1. The van der Waals surface area contributed by atoms with E-state index in [-0.39, 0.29) is 5.91 Å². The summed E-state index contributed by atoms with van der Waals surface area (Å²) in [6.45, 7) is 1.29. The Morgan fingerprint density at radius 3 is 2.77 bits per heavy atom. The summed E-state index contributed by atoms with van der Waals surface area (Å²) in [4.78, 5) is 21.6. The van der Waals surface area contributed by atoms with Crippen molar-refractivity contribution in [1.29, 1.82) is 0 Å². The van der Waals surface area contributed by atoms with Crippen LogP contribution < -0.4 is 5.32 Å². The van der Waals surface area contributed by atoms with Crippen molar-refractivity contribution in [3.63, 3.8) is 0 Å². The van der Waals surface area contributed by atoms with Crippen molar-refractivity contribution < 1.29 is 9.53 Å². The molecule has 0 radical (unpaired) electrons. The van der Waals surface area contributed by atoms with Gasteiger partial charge in [-0.2, -0.15) is 0 Å². The summed E-state index contributed by atoms with van der Waals surface area (Å²) in [7, 11) is 0. The highest BCUT2D eigenvalue weighted by Crippen LogP contribution is 2.37. The van der Waals surface area contributed by atoms with Crippen molar-refractivity contribution >= 4 is 22.8 Å². The van der Waals surface area contributed by atoms with Gasteiger partial charge in [-0.3, -0.25) is 14.2 Å². The molecule has 0 aliphatic carbocycles. The van der Waals surface area contributed by atoms with Crippen LogP contribution in [-0.4, -0.2) is 33.5 Å². The van der Waals surface area contributed by atoms with Gasteiger partial charge in [-0.25, -0.2) is 4.98 Å². The molecule has 1 amide bonds. The molecule has 1 N–H and O–H groups in total. The molecule has 6 rings (SSSR count). The van der Waals surface area contributed by atoms with E-state index in [1.54, 1.807) is 0 Å². The minimum Gasteiger partial charge on any atom is -0.377 e. The molecule has 0 atom stereocenters. The van der Waals surface area contributed by atoms with E-state index >= 15 is 0 Å². The van der Waals surface area contributed by atoms with Gasteiger partial charge in [0.15, 0.2) is 5.65 Å². The Kier molecular flexibility index (Phi) is 4.18. The van der Waals surface area contributed by atoms with E-state index in [4.69, 9.17) is 9.72 Å². The van der Waals surface area contributed by atoms with Gasteiger partial charge in [-0.05, 0) is 29.7 Å². The van der Waals surface area contributed by atoms with E-state index < -0.39 is 0 Å².